The highest BCUT2D eigenvalue weighted by Gasteiger charge is 2.05. The molecule has 0 spiro atoms. The van der Waals surface area contributed by atoms with Gasteiger partial charge in [-0.05, 0) is 68.3 Å². The second-order valence-corrected chi connectivity index (χ2v) is 9.82. The van der Waals surface area contributed by atoms with E-state index in [1.54, 1.807) is 0 Å². The molecule has 0 heterocycles. The SMILES string of the molecule is CCOC(=O)c1ccc(NCCCCCCCCCCCCCCCC#Cc2ccc(Cl)cc2)cc1. The molecular formula is C32H44ClNO2. The van der Waals surface area contributed by atoms with Gasteiger partial charge in [0.15, 0.2) is 0 Å². The fourth-order valence-electron chi connectivity index (χ4n) is 4.15. The zero-order valence-electron chi connectivity index (χ0n) is 22.1. The summed E-state index contributed by atoms with van der Waals surface area (Å²) < 4.78 is 5.01. The van der Waals surface area contributed by atoms with Gasteiger partial charge in [0.2, 0.25) is 0 Å². The minimum absolute atomic E-state index is 0.257. The number of esters is 1. The molecule has 2 rings (SSSR count). The summed E-state index contributed by atoms with van der Waals surface area (Å²) in [5.41, 5.74) is 2.72. The van der Waals surface area contributed by atoms with E-state index in [2.05, 4.69) is 17.2 Å². The Morgan fingerprint density at radius 2 is 1.28 bits per heavy atom. The van der Waals surface area contributed by atoms with Crippen LogP contribution in [0.25, 0.3) is 0 Å². The van der Waals surface area contributed by atoms with E-state index in [1.165, 1.54) is 83.5 Å². The van der Waals surface area contributed by atoms with Crippen LogP contribution in [-0.4, -0.2) is 19.1 Å². The lowest BCUT2D eigenvalue weighted by Gasteiger charge is -2.07. The number of nitrogens with one attached hydrogen (secondary N) is 1. The largest absolute Gasteiger partial charge is 0.462 e. The zero-order chi connectivity index (χ0) is 25.7. The summed E-state index contributed by atoms with van der Waals surface area (Å²) in [4.78, 5) is 11.7. The maximum absolute atomic E-state index is 11.7. The summed E-state index contributed by atoms with van der Waals surface area (Å²) in [6, 6.07) is 15.3. The van der Waals surface area contributed by atoms with E-state index < -0.39 is 0 Å². The van der Waals surface area contributed by atoms with E-state index in [9.17, 15) is 4.79 Å². The summed E-state index contributed by atoms with van der Waals surface area (Å²) in [6.07, 6.45) is 18.2. The average Bonchev–Trinajstić information content (AvgIpc) is 2.89. The molecule has 0 aliphatic heterocycles. The van der Waals surface area contributed by atoms with Crippen molar-refractivity contribution in [2.24, 2.45) is 0 Å². The second kappa shape index (κ2) is 19.7. The van der Waals surface area contributed by atoms with Crippen LogP contribution in [0.15, 0.2) is 48.5 Å². The van der Waals surface area contributed by atoms with Gasteiger partial charge in [-0.1, -0.05) is 94.1 Å². The Morgan fingerprint density at radius 3 is 1.83 bits per heavy atom. The van der Waals surface area contributed by atoms with Gasteiger partial charge in [-0.15, -0.1) is 0 Å². The van der Waals surface area contributed by atoms with E-state index in [0.29, 0.717) is 12.2 Å². The Labute approximate surface area is 224 Å². The monoisotopic (exact) mass is 509 g/mol. The fraction of sp³-hybridized carbons (Fsp3) is 0.531. The smallest absolute Gasteiger partial charge is 0.338 e. The molecule has 196 valence electrons. The summed E-state index contributed by atoms with van der Waals surface area (Å²) in [6.45, 7) is 3.21. The van der Waals surface area contributed by atoms with Crippen LogP contribution in [-0.2, 0) is 4.74 Å². The Kier molecular flexibility index (Phi) is 16.3. The van der Waals surface area contributed by atoms with Crippen LogP contribution in [0.1, 0.15) is 113 Å². The van der Waals surface area contributed by atoms with Gasteiger partial charge in [-0.3, -0.25) is 0 Å². The van der Waals surface area contributed by atoms with Gasteiger partial charge < -0.3 is 10.1 Å². The number of ether oxygens (including phenoxy) is 1. The minimum atomic E-state index is -0.257. The topological polar surface area (TPSA) is 38.3 Å². The molecule has 0 aliphatic carbocycles. The van der Waals surface area contributed by atoms with Crippen LogP contribution in [0.5, 0.6) is 0 Å². The lowest BCUT2D eigenvalue weighted by Crippen LogP contribution is -2.05. The van der Waals surface area contributed by atoms with Crippen LogP contribution < -0.4 is 5.32 Å². The number of benzene rings is 2. The van der Waals surface area contributed by atoms with Crippen LogP contribution in [0, 0.1) is 11.8 Å². The van der Waals surface area contributed by atoms with Gasteiger partial charge in [0.1, 0.15) is 0 Å². The molecule has 0 radical (unpaired) electrons. The minimum Gasteiger partial charge on any atom is -0.462 e. The van der Waals surface area contributed by atoms with Crippen molar-refractivity contribution in [3.63, 3.8) is 0 Å². The molecule has 3 nitrogen and oxygen atoms in total. The van der Waals surface area contributed by atoms with Crippen molar-refractivity contribution < 1.29 is 9.53 Å². The highest BCUT2D eigenvalue weighted by atomic mass is 35.5. The van der Waals surface area contributed by atoms with Crippen molar-refractivity contribution >= 4 is 23.3 Å². The Bertz CT molecular complexity index is 896. The number of rotatable bonds is 18. The van der Waals surface area contributed by atoms with Crippen LogP contribution in [0.3, 0.4) is 0 Å². The standard InChI is InChI=1S/C32H44ClNO2/c1-2-36-32(35)29-21-25-31(26-22-29)34-27-17-15-13-11-9-7-5-3-4-6-8-10-12-14-16-18-28-19-23-30(33)24-20-28/h19-26,34H,2-15,17,27H2,1H3. The van der Waals surface area contributed by atoms with Crippen molar-refractivity contribution in [3.05, 3.63) is 64.7 Å². The maximum Gasteiger partial charge on any atom is 0.338 e. The highest BCUT2D eigenvalue weighted by Crippen LogP contribution is 2.14. The molecule has 36 heavy (non-hydrogen) atoms. The second-order valence-electron chi connectivity index (χ2n) is 9.38. The fourth-order valence-corrected chi connectivity index (χ4v) is 4.28. The van der Waals surface area contributed by atoms with E-state index in [4.69, 9.17) is 16.3 Å². The van der Waals surface area contributed by atoms with E-state index in [0.717, 1.165) is 29.2 Å². The molecule has 0 aliphatic rings. The lowest BCUT2D eigenvalue weighted by molar-refractivity contribution is 0.0526. The normalized spacial score (nSPS) is 10.5. The van der Waals surface area contributed by atoms with E-state index in [-0.39, 0.29) is 5.97 Å². The highest BCUT2D eigenvalue weighted by molar-refractivity contribution is 6.30. The molecule has 0 bridgehead atoms. The van der Waals surface area contributed by atoms with E-state index in [1.807, 2.05) is 55.5 Å². The van der Waals surface area contributed by atoms with Crippen LogP contribution in [0.4, 0.5) is 5.69 Å². The summed E-state index contributed by atoms with van der Waals surface area (Å²) in [5.74, 6) is 6.23. The lowest BCUT2D eigenvalue weighted by atomic mass is 10.0. The summed E-state index contributed by atoms with van der Waals surface area (Å²) in [7, 11) is 0. The van der Waals surface area contributed by atoms with Gasteiger partial charge in [0.05, 0.1) is 12.2 Å². The summed E-state index contributed by atoms with van der Waals surface area (Å²) in [5, 5.41) is 4.20. The molecule has 1 N–H and O–H groups in total. The van der Waals surface area contributed by atoms with Crippen molar-refractivity contribution in [3.8, 4) is 11.8 Å². The van der Waals surface area contributed by atoms with Crippen molar-refractivity contribution in [1.29, 1.82) is 0 Å². The quantitative estimate of drug-likeness (QED) is 0.123. The Hall–Kier alpha value is -2.44. The molecule has 0 aromatic heterocycles. The number of halogens is 1. The third-order valence-corrected chi connectivity index (χ3v) is 6.53. The van der Waals surface area contributed by atoms with Gasteiger partial charge in [0.25, 0.3) is 0 Å². The van der Waals surface area contributed by atoms with Gasteiger partial charge in [-0.25, -0.2) is 4.79 Å². The number of unbranched alkanes of at least 4 members (excludes halogenated alkanes) is 13. The predicted molar refractivity (Wildman–Crippen MR) is 154 cm³/mol. The molecule has 0 saturated carbocycles. The molecule has 0 unspecified atom stereocenters. The average molecular weight is 510 g/mol. The first-order chi connectivity index (χ1) is 17.7. The van der Waals surface area contributed by atoms with Crippen molar-refractivity contribution in [1.82, 2.24) is 0 Å². The Balaban J connectivity index is 1.31. The molecule has 4 heteroatoms. The maximum atomic E-state index is 11.7. The van der Waals surface area contributed by atoms with Crippen LogP contribution in [0.2, 0.25) is 5.02 Å². The zero-order valence-corrected chi connectivity index (χ0v) is 22.9. The molecule has 2 aromatic carbocycles. The molecule has 0 amide bonds. The molecule has 2 aromatic rings. The van der Waals surface area contributed by atoms with Crippen molar-refractivity contribution in [2.45, 2.75) is 96.8 Å². The number of carbonyl (C=O) groups excluding carboxylic acids is 1. The third-order valence-electron chi connectivity index (χ3n) is 6.28. The van der Waals surface area contributed by atoms with Gasteiger partial charge in [-0.2, -0.15) is 0 Å². The first-order valence-corrected chi connectivity index (χ1v) is 14.3. The van der Waals surface area contributed by atoms with Gasteiger partial charge in [0, 0.05) is 29.2 Å². The van der Waals surface area contributed by atoms with Gasteiger partial charge >= 0.3 is 5.97 Å². The molecule has 0 fully saturated rings. The number of hydrogen-bond acceptors (Lipinski definition) is 3. The summed E-state index contributed by atoms with van der Waals surface area (Å²) >= 11 is 5.89. The van der Waals surface area contributed by atoms with Crippen molar-refractivity contribution in [2.75, 3.05) is 18.5 Å². The number of carbonyl (C=O) groups is 1. The first kappa shape index (κ1) is 29.8. The van der Waals surface area contributed by atoms with Crippen LogP contribution >= 0.6 is 11.6 Å². The third kappa shape index (κ3) is 14.2. The van der Waals surface area contributed by atoms with E-state index >= 15 is 0 Å². The predicted octanol–water partition coefficient (Wildman–Crippen LogP) is 9.44. The Morgan fingerprint density at radius 1 is 0.750 bits per heavy atom. The molecular weight excluding hydrogens is 466 g/mol. The molecule has 0 atom stereocenters. The number of hydrogen-bond donors (Lipinski definition) is 1. The first-order valence-electron chi connectivity index (χ1n) is 13.9. The number of anilines is 1. The molecule has 0 saturated heterocycles.